The molecular formula is C33H42F3N3O4. The lowest BCUT2D eigenvalue weighted by Crippen LogP contribution is -2.42. The molecule has 2 aliphatic rings. The maximum Gasteiger partial charge on any atom is 0.132 e. The zero-order chi connectivity index (χ0) is 30.4. The summed E-state index contributed by atoms with van der Waals surface area (Å²) >= 11 is 0. The van der Waals surface area contributed by atoms with Gasteiger partial charge in [0.25, 0.3) is 0 Å². The number of nitrogens with zero attached hydrogens (tertiary/aromatic N) is 3. The fourth-order valence-corrected chi connectivity index (χ4v) is 6.50. The van der Waals surface area contributed by atoms with Crippen molar-refractivity contribution >= 4 is 10.9 Å². The monoisotopic (exact) mass is 601 g/mol. The third-order valence-electron chi connectivity index (χ3n) is 9.24. The van der Waals surface area contributed by atoms with Crippen molar-refractivity contribution in [3.05, 3.63) is 70.7 Å². The molecule has 0 saturated carbocycles. The van der Waals surface area contributed by atoms with Gasteiger partial charge in [-0.2, -0.15) is 0 Å². The van der Waals surface area contributed by atoms with E-state index in [4.69, 9.17) is 9.47 Å². The maximum atomic E-state index is 14.0. The van der Waals surface area contributed by atoms with E-state index < -0.39 is 23.6 Å². The van der Waals surface area contributed by atoms with Crippen molar-refractivity contribution in [3.8, 4) is 5.75 Å². The van der Waals surface area contributed by atoms with Crippen LogP contribution in [0.5, 0.6) is 5.75 Å². The number of fused-ring (bicyclic) bond motifs is 1. The predicted octanol–water partition coefficient (Wildman–Crippen LogP) is 5.01. The summed E-state index contributed by atoms with van der Waals surface area (Å²) in [5, 5.41) is 23.0. The highest BCUT2D eigenvalue weighted by atomic mass is 19.1. The van der Waals surface area contributed by atoms with E-state index in [1.54, 1.807) is 7.11 Å². The summed E-state index contributed by atoms with van der Waals surface area (Å²) in [6.07, 6.45) is 4.56. The second-order valence-electron chi connectivity index (χ2n) is 12.0. The van der Waals surface area contributed by atoms with Crippen molar-refractivity contribution in [2.24, 2.45) is 5.41 Å². The van der Waals surface area contributed by atoms with Crippen molar-refractivity contribution in [1.29, 1.82) is 0 Å². The quantitative estimate of drug-likeness (QED) is 0.302. The van der Waals surface area contributed by atoms with E-state index in [1.807, 2.05) is 24.4 Å². The first-order valence-corrected chi connectivity index (χ1v) is 15.2. The fourth-order valence-electron chi connectivity index (χ4n) is 6.50. The van der Waals surface area contributed by atoms with Crippen LogP contribution in [0, 0.1) is 22.9 Å². The number of methoxy groups -OCH3 is 1. The van der Waals surface area contributed by atoms with Crippen LogP contribution in [0.1, 0.15) is 54.9 Å². The molecule has 2 N–H and O–H groups in total. The van der Waals surface area contributed by atoms with E-state index in [2.05, 4.69) is 14.8 Å². The van der Waals surface area contributed by atoms with Gasteiger partial charge in [-0.05, 0) is 92.9 Å². The van der Waals surface area contributed by atoms with E-state index in [-0.39, 0.29) is 24.0 Å². The lowest BCUT2D eigenvalue weighted by Gasteiger charge is -2.41. The number of morpholine rings is 1. The number of hydrogen-bond donors (Lipinski definition) is 2. The third kappa shape index (κ3) is 7.67. The van der Waals surface area contributed by atoms with Gasteiger partial charge in [-0.3, -0.25) is 9.88 Å². The van der Waals surface area contributed by atoms with Gasteiger partial charge >= 0.3 is 0 Å². The molecule has 3 aromatic rings. The molecule has 10 heteroatoms. The normalized spacial score (nSPS) is 18.7. The number of aliphatic hydroxyl groups is 2. The highest BCUT2D eigenvalue weighted by molar-refractivity contribution is 5.85. The molecule has 3 heterocycles. The van der Waals surface area contributed by atoms with Crippen molar-refractivity contribution in [2.75, 3.05) is 59.7 Å². The number of hydrogen-bond acceptors (Lipinski definition) is 7. The molecule has 0 unspecified atom stereocenters. The van der Waals surface area contributed by atoms with E-state index in [0.29, 0.717) is 51.3 Å². The Balaban J connectivity index is 1.22. The van der Waals surface area contributed by atoms with Gasteiger partial charge in [0, 0.05) is 55.5 Å². The highest BCUT2D eigenvalue weighted by Crippen LogP contribution is 2.40. The van der Waals surface area contributed by atoms with Crippen LogP contribution in [-0.4, -0.2) is 84.7 Å². The van der Waals surface area contributed by atoms with Gasteiger partial charge < -0.3 is 24.6 Å². The van der Waals surface area contributed by atoms with Crippen LogP contribution in [0.25, 0.3) is 10.9 Å². The van der Waals surface area contributed by atoms with E-state index in [0.717, 1.165) is 73.2 Å². The predicted molar refractivity (Wildman–Crippen MR) is 158 cm³/mol. The Hall–Kier alpha value is -2.76. The van der Waals surface area contributed by atoms with Gasteiger partial charge in [-0.25, -0.2) is 13.2 Å². The molecule has 0 amide bonds. The standard InChI is InChI=1S/C33H42F3N3O4/c1-42-25-4-5-30-27(19-25)32(23(20-37-30)21-39-13-15-43-16-14-39)31(41)6-7-33(22-40)8-11-38(12-9-33)10-2-3-26-28(35)17-24(34)18-29(26)36/h4-5,17-20,31,40-41H,2-3,6-16,21-22H2,1H3/t31-/m1/s1. The number of halogens is 3. The molecular weight excluding hydrogens is 559 g/mol. The van der Waals surface area contributed by atoms with Gasteiger partial charge in [-0.15, -0.1) is 0 Å². The van der Waals surface area contributed by atoms with Gasteiger partial charge in [-0.1, -0.05) is 0 Å². The summed E-state index contributed by atoms with van der Waals surface area (Å²) < 4.78 is 52.2. The number of aromatic nitrogens is 1. The Morgan fingerprint density at radius 3 is 2.42 bits per heavy atom. The van der Waals surface area contributed by atoms with Crippen LogP contribution < -0.4 is 4.74 Å². The van der Waals surface area contributed by atoms with Crippen LogP contribution in [0.4, 0.5) is 13.2 Å². The molecule has 1 atom stereocenters. The van der Waals surface area contributed by atoms with Crippen LogP contribution in [0.15, 0.2) is 36.5 Å². The van der Waals surface area contributed by atoms with Gasteiger partial charge in [0.05, 0.1) is 31.9 Å². The summed E-state index contributed by atoms with van der Waals surface area (Å²) in [5.41, 5.74) is 2.26. The Kier molecular flexibility index (Phi) is 10.6. The number of pyridine rings is 1. The van der Waals surface area contributed by atoms with Crippen LogP contribution in [0.2, 0.25) is 0 Å². The molecule has 0 radical (unpaired) electrons. The molecule has 7 nitrogen and oxygen atoms in total. The topological polar surface area (TPSA) is 78.3 Å². The first-order valence-electron chi connectivity index (χ1n) is 15.2. The van der Waals surface area contributed by atoms with Crippen molar-refractivity contribution in [2.45, 2.75) is 51.2 Å². The average molecular weight is 602 g/mol. The summed E-state index contributed by atoms with van der Waals surface area (Å²) in [5.74, 6) is -1.90. The minimum Gasteiger partial charge on any atom is -0.497 e. The van der Waals surface area contributed by atoms with Gasteiger partial charge in [0.15, 0.2) is 0 Å². The van der Waals surface area contributed by atoms with E-state index in [9.17, 15) is 23.4 Å². The minimum atomic E-state index is -0.912. The van der Waals surface area contributed by atoms with Crippen molar-refractivity contribution in [3.63, 3.8) is 0 Å². The molecule has 0 spiro atoms. The number of rotatable bonds is 12. The van der Waals surface area contributed by atoms with Crippen LogP contribution in [0.3, 0.4) is 0 Å². The Morgan fingerprint density at radius 2 is 1.74 bits per heavy atom. The second kappa shape index (κ2) is 14.3. The third-order valence-corrected chi connectivity index (χ3v) is 9.24. The number of ether oxygens (including phenoxy) is 2. The Bertz CT molecular complexity index is 1350. The van der Waals surface area contributed by atoms with Crippen LogP contribution >= 0.6 is 0 Å². The number of aliphatic hydroxyl groups excluding tert-OH is 2. The molecule has 234 valence electrons. The Labute approximate surface area is 251 Å². The zero-order valence-corrected chi connectivity index (χ0v) is 24.8. The molecule has 43 heavy (non-hydrogen) atoms. The first kappa shape index (κ1) is 31.7. The Morgan fingerprint density at radius 1 is 1.02 bits per heavy atom. The first-order chi connectivity index (χ1) is 20.8. The lowest BCUT2D eigenvalue weighted by molar-refractivity contribution is 0.0227. The zero-order valence-electron chi connectivity index (χ0n) is 24.8. The largest absolute Gasteiger partial charge is 0.497 e. The van der Waals surface area contributed by atoms with Gasteiger partial charge in [0.2, 0.25) is 0 Å². The van der Waals surface area contributed by atoms with E-state index >= 15 is 0 Å². The molecule has 2 aliphatic heterocycles. The highest BCUT2D eigenvalue weighted by Gasteiger charge is 2.35. The van der Waals surface area contributed by atoms with Gasteiger partial charge in [0.1, 0.15) is 23.2 Å². The maximum absolute atomic E-state index is 14.0. The summed E-state index contributed by atoms with van der Waals surface area (Å²) in [6.45, 7) is 5.88. The summed E-state index contributed by atoms with van der Waals surface area (Å²) in [7, 11) is 1.62. The van der Waals surface area contributed by atoms with Crippen molar-refractivity contribution < 1.29 is 32.9 Å². The lowest BCUT2D eigenvalue weighted by atomic mass is 9.74. The minimum absolute atomic E-state index is 0.0328. The fraction of sp³-hybridized carbons (Fsp3) is 0.545. The second-order valence-corrected chi connectivity index (χ2v) is 12.0. The molecule has 1 aromatic heterocycles. The number of piperidine rings is 1. The molecule has 0 aliphatic carbocycles. The molecule has 2 saturated heterocycles. The molecule has 0 bridgehead atoms. The molecule has 5 rings (SSSR count). The van der Waals surface area contributed by atoms with E-state index in [1.165, 1.54) is 0 Å². The SMILES string of the molecule is COc1ccc2ncc(CN3CCOCC3)c([C@H](O)CCC3(CO)CCN(CCCc4c(F)cc(F)cc4F)CC3)c2c1. The smallest absolute Gasteiger partial charge is 0.132 e. The summed E-state index contributed by atoms with van der Waals surface area (Å²) in [6, 6.07) is 7.16. The summed E-state index contributed by atoms with van der Waals surface area (Å²) in [4.78, 5) is 9.24. The average Bonchev–Trinajstić information content (AvgIpc) is 3.02. The number of likely N-dealkylation sites (tertiary alicyclic amines) is 1. The molecule has 2 aromatic carbocycles. The molecule has 2 fully saturated rings. The van der Waals surface area contributed by atoms with Crippen LogP contribution in [-0.2, 0) is 17.7 Å². The van der Waals surface area contributed by atoms with Crippen molar-refractivity contribution in [1.82, 2.24) is 14.8 Å². The number of benzene rings is 2.